The van der Waals surface area contributed by atoms with Crippen molar-refractivity contribution < 1.29 is 22.7 Å². The predicted molar refractivity (Wildman–Crippen MR) is 166 cm³/mol. The van der Waals surface area contributed by atoms with Crippen LogP contribution in [0.25, 0.3) is 22.0 Å². The quantitative estimate of drug-likeness (QED) is 0.188. The van der Waals surface area contributed by atoms with Crippen molar-refractivity contribution in [3.8, 4) is 16.9 Å². The van der Waals surface area contributed by atoms with Gasteiger partial charge in [0.1, 0.15) is 29.0 Å². The number of halogens is 4. The van der Waals surface area contributed by atoms with E-state index in [1.165, 1.54) is 6.07 Å². The summed E-state index contributed by atoms with van der Waals surface area (Å²) in [6.45, 7) is 2.71. The lowest BCUT2D eigenvalue weighted by atomic mass is 10.0. The number of anilines is 3. The molecule has 44 heavy (non-hydrogen) atoms. The lowest BCUT2D eigenvalue weighted by molar-refractivity contribution is 0.262. The number of amides is 2. The summed E-state index contributed by atoms with van der Waals surface area (Å²) in [7, 11) is 3.50. The molecule has 0 aliphatic rings. The molecule has 0 bridgehead atoms. The first-order chi connectivity index (χ1) is 21.1. The third kappa shape index (κ3) is 6.32. The zero-order valence-electron chi connectivity index (χ0n) is 23.9. The van der Waals surface area contributed by atoms with Crippen LogP contribution in [0, 0.1) is 17.5 Å². The molecule has 2 heterocycles. The van der Waals surface area contributed by atoms with Gasteiger partial charge < -0.3 is 24.8 Å². The molecular formula is C32H27ClF3N5O3. The number of urea groups is 1. The van der Waals surface area contributed by atoms with Gasteiger partial charge in [0.25, 0.3) is 5.56 Å². The second kappa shape index (κ2) is 12.7. The number of methoxy groups -OCH3 is 1. The van der Waals surface area contributed by atoms with Gasteiger partial charge in [0.15, 0.2) is 0 Å². The number of rotatable bonds is 8. The third-order valence-corrected chi connectivity index (χ3v) is 7.33. The van der Waals surface area contributed by atoms with Crippen molar-refractivity contribution in [3.05, 3.63) is 111 Å². The molecule has 8 nitrogen and oxygen atoms in total. The molecule has 0 atom stereocenters. The molecule has 0 fully saturated rings. The van der Waals surface area contributed by atoms with E-state index in [4.69, 9.17) is 16.3 Å². The number of hydrogen-bond acceptors (Lipinski definition) is 5. The minimum atomic E-state index is -1.03. The van der Waals surface area contributed by atoms with Crippen LogP contribution in [0.15, 0.2) is 77.7 Å². The minimum absolute atomic E-state index is 0.0625. The van der Waals surface area contributed by atoms with Crippen LogP contribution in [0.3, 0.4) is 0 Å². The normalized spacial score (nSPS) is 11.0. The highest BCUT2D eigenvalue weighted by Gasteiger charge is 2.19. The molecule has 226 valence electrons. The molecule has 12 heteroatoms. The summed E-state index contributed by atoms with van der Waals surface area (Å²) < 4.78 is 49.1. The topological polar surface area (TPSA) is 88.5 Å². The van der Waals surface area contributed by atoms with Crippen molar-refractivity contribution >= 4 is 45.7 Å². The number of nitrogens with one attached hydrogen (secondary N) is 2. The number of hydrogen-bond donors (Lipinski definition) is 2. The van der Waals surface area contributed by atoms with E-state index in [1.54, 1.807) is 23.9 Å². The minimum Gasteiger partial charge on any atom is -0.497 e. The smallest absolute Gasteiger partial charge is 0.323 e. The van der Waals surface area contributed by atoms with Crippen molar-refractivity contribution in [3.63, 3.8) is 0 Å². The standard InChI is InChI=1S/C32H27ClF3N5O3/c1-4-41-29-15-30(40(2)17-18-5-8-21(44-3)9-6-18)37-16-19(29)11-23(31(41)42)22-13-28(26(36)14-24(22)33)39-32(43)38-27-12-20(34)7-10-25(27)35/h5-16H,4,17H2,1-3H3,(H2,38,39,43). The second-order valence-corrected chi connectivity index (χ2v) is 10.3. The highest BCUT2D eigenvalue weighted by Crippen LogP contribution is 2.33. The van der Waals surface area contributed by atoms with Crippen molar-refractivity contribution in [1.29, 1.82) is 0 Å². The number of fused-ring (bicyclic) bond motifs is 1. The maximum absolute atomic E-state index is 14.8. The van der Waals surface area contributed by atoms with Gasteiger partial charge in [0, 0.05) is 55.0 Å². The van der Waals surface area contributed by atoms with E-state index in [0.29, 0.717) is 29.8 Å². The second-order valence-electron chi connectivity index (χ2n) is 9.93. The first-order valence-electron chi connectivity index (χ1n) is 13.5. The number of pyridine rings is 2. The molecule has 0 saturated carbocycles. The highest BCUT2D eigenvalue weighted by atomic mass is 35.5. The van der Waals surface area contributed by atoms with Crippen LogP contribution in [0.2, 0.25) is 5.02 Å². The summed E-state index contributed by atoms with van der Waals surface area (Å²) in [5.41, 5.74) is 0.860. The Hall–Kier alpha value is -5.03. The maximum Gasteiger partial charge on any atom is 0.323 e. The zero-order valence-corrected chi connectivity index (χ0v) is 24.7. The van der Waals surface area contributed by atoms with Crippen molar-refractivity contribution in [2.45, 2.75) is 20.0 Å². The Morgan fingerprint density at radius 3 is 2.34 bits per heavy atom. The van der Waals surface area contributed by atoms with E-state index < -0.39 is 29.2 Å². The van der Waals surface area contributed by atoms with E-state index >= 15 is 0 Å². The van der Waals surface area contributed by atoms with Gasteiger partial charge in [-0.1, -0.05) is 23.7 Å². The summed E-state index contributed by atoms with van der Waals surface area (Å²) in [6.07, 6.45) is 1.64. The van der Waals surface area contributed by atoms with E-state index in [1.807, 2.05) is 49.2 Å². The zero-order chi connectivity index (χ0) is 31.5. The number of aryl methyl sites for hydroxylation is 1. The molecule has 0 unspecified atom stereocenters. The predicted octanol–water partition coefficient (Wildman–Crippen LogP) is 7.44. The van der Waals surface area contributed by atoms with E-state index in [0.717, 1.165) is 35.6 Å². The van der Waals surface area contributed by atoms with Gasteiger partial charge in [0.2, 0.25) is 0 Å². The molecular weight excluding hydrogens is 595 g/mol. The first kappa shape index (κ1) is 30.4. The maximum atomic E-state index is 14.8. The number of nitrogens with zero attached hydrogens (tertiary/aromatic N) is 3. The number of ether oxygens (including phenoxy) is 1. The SMILES string of the molecule is CCn1c(=O)c(-c2cc(NC(=O)Nc3cc(F)ccc3F)c(F)cc2Cl)cc2cnc(N(C)Cc3ccc(OC)cc3)cc21. The Labute approximate surface area is 255 Å². The van der Waals surface area contributed by atoms with Crippen LogP contribution >= 0.6 is 11.6 Å². The van der Waals surface area contributed by atoms with Crippen molar-refractivity contribution in [2.24, 2.45) is 0 Å². The number of benzene rings is 3. The fraction of sp³-hybridized carbons (Fsp3) is 0.156. The van der Waals surface area contributed by atoms with Gasteiger partial charge in [-0.05, 0) is 55.0 Å². The van der Waals surface area contributed by atoms with Gasteiger partial charge in [-0.25, -0.2) is 22.9 Å². The fourth-order valence-corrected chi connectivity index (χ4v) is 5.04. The number of carbonyl (C=O) groups is 1. The molecule has 2 N–H and O–H groups in total. The Kier molecular flexibility index (Phi) is 8.77. The average molecular weight is 622 g/mol. The summed E-state index contributed by atoms with van der Waals surface area (Å²) in [6, 6.07) is 14.8. The number of carbonyl (C=O) groups excluding carboxylic acids is 1. The van der Waals surface area contributed by atoms with Gasteiger partial charge in [0.05, 0.1) is 29.0 Å². The fourth-order valence-electron chi connectivity index (χ4n) is 4.78. The molecule has 3 aromatic carbocycles. The van der Waals surface area contributed by atoms with Gasteiger partial charge in [-0.15, -0.1) is 0 Å². The Balaban J connectivity index is 1.47. The van der Waals surface area contributed by atoms with Crippen LogP contribution < -0.4 is 25.8 Å². The van der Waals surface area contributed by atoms with E-state index in [9.17, 15) is 22.8 Å². The van der Waals surface area contributed by atoms with E-state index in [2.05, 4.69) is 15.6 Å². The van der Waals surface area contributed by atoms with Gasteiger partial charge in [-0.3, -0.25) is 4.79 Å². The lowest BCUT2D eigenvalue weighted by Crippen LogP contribution is -2.23. The molecule has 5 rings (SSSR count). The molecule has 0 spiro atoms. The van der Waals surface area contributed by atoms with Crippen LogP contribution in [-0.2, 0) is 13.1 Å². The van der Waals surface area contributed by atoms with E-state index in [-0.39, 0.29) is 27.4 Å². The Morgan fingerprint density at radius 2 is 1.66 bits per heavy atom. The van der Waals surface area contributed by atoms with Gasteiger partial charge >= 0.3 is 6.03 Å². The monoisotopic (exact) mass is 621 g/mol. The summed E-state index contributed by atoms with van der Waals surface area (Å²) in [5, 5.41) is 4.98. The largest absolute Gasteiger partial charge is 0.497 e. The van der Waals surface area contributed by atoms with Crippen LogP contribution in [0.4, 0.5) is 35.2 Å². The summed E-state index contributed by atoms with van der Waals surface area (Å²) >= 11 is 6.38. The van der Waals surface area contributed by atoms with Crippen molar-refractivity contribution in [2.75, 3.05) is 29.7 Å². The summed E-state index contributed by atoms with van der Waals surface area (Å²) in [5.74, 6) is -1.13. The third-order valence-electron chi connectivity index (χ3n) is 7.02. The molecule has 0 radical (unpaired) electrons. The lowest BCUT2D eigenvalue weighted by Gasteiger charge is -2.20. The molecule has 0 saturated heterocycles. The average Bonchev–Trinajstić information content (AvgIpc) is 3.00. The van der Waals surface area contributed by atoms with Crippen LogP contribution in [0.1, 0.15) is 12.5 Å². The van der Waals surface area contributed by atoms with Crippen molar-refractivity contribution in [1.82, 2.24) is 9.55 Å². The molecule has 0 aliphatic heterocycles. The Morgan fingerprint density at radius 1 is 0.955 bits per heavy atom. The molecule has 2 amide bonds. The molecule has 5 aromatic rings. The highest BCUT2D eigenvalue weighted by molar-refractivity contribution is 6.33. The van der Waals surface area contributed by atoms with Crippen LogP contribution in [-0.4, -0.2) is 29.7 Å². The molecule has 2 aromatic heterocycles. The first-order valence-corrected chi connectivity index (χ1v) is 13.9. The van der Waals surface area contributed by atoms with Crippen LogP contribution in [0.5, 0.6) is 5.75 Å². The number of aromatic nitrogens is 2. The molecule has 0 aliphatic carbocycles. The Bertz CT molecular complexity index is 1930. The van der Waals surface area contributed by atoms with Gasteiger partial charge in [-0.2, -0.15) is 0 Å². The summed E-state index contributed by atoms with van der Waals surface area (Å²) in [4.78, 5) is 32.8.